The molecule has 2 aromatic rings. The van der Waals surface area contributed by atoms with Crippen LogP contribution in [0.4, 0.5) is 22.7 Å². The van der Waals surface area contributed by atoms with E-state index in [1.807, 2.05) is 0 Å². The number of hydrogen-bond acceptors (Lipinski definition) is 5. The molecule has 226 valence electrons. The number of anilines is 4. The smallest absolute Gasteiger partial charge is 0.127 e. The van der Waals surface area contributed by atoms with Crippen molar-refractivity contribution in [3.63, 3.8) is 0 Å². The molecule has 0 saturated carbocycles. The second-order valence-corrected chi connectivity index (χ2v) is 13.1. The molecule has 1 aliphatic heterocycles. The Hall–Kier alpha value is -2.57. The highest BCUT2D eigenvalue weighted by Gasteiger charge is 2.24. The molecule has 1 aliphatic rings. The van der Waals surface area contributed by atoms with Crippen molar-refractivity contribution in [1.82, 2.24) is 5.53 Å². The van der Waals surface area contributed by atoms with E-state index in [-0.39, 0.29) is 0 Å². The zero-order valence-electron chi connectivity index (χ0n) is 26.7. The van der Waals surface area contributed by atoms with Gasteiger partial charge < -0.3 is 10.6 Å². The molecule has 1 heterocycles. The number of hydrazine groups is 2. The minimum absolute atomic E-state index is 0.434. The average molecular weight is 578 g/mol. The predicted molar refractivity (Wildman–Crippen MR) is 185 cm³/mol. The summed E-state index contributed by atoms with van der Waals surface area (Å²) < 4.78 is 0. The van der Waals surface area contributed by atoms with Crippen molar-refractivity contribution >= 4 is 40.0 Å². The van der Waals surface area contributed by atoms with Crippen LogP contribution < -0.4 is 26.2 Å². The van der Waals surface area contributed by atoms with Crippen molar-refractivity contribution < 1.29 is 0 Å². The van der Waals surface area contributed by atoms with Crippen LogP contribution in [0, 0.1) is 11.8 Å². The minimum Gasteiger partial charge on any atom is -0.383 e. The van der Waals surface area contributed by atoms with E-state index in [1.54, 1.807) is 0 Å². The SMILES string of the molecule is CCCCCCCCC1=CN(c2ccc(NC(C)CC(C)C)cc2)NN(c2ccc(NC(C)CC(C)C)cc2)C1=S. The van der Waals surface area contributed by atoms with E-state index < -0.39 is 0 Å². The zero-order chi connectivity index (χ0) is 29.8. The molecule has 0 aliphatic carbocycles. The molecular weight excluding hydrogens is 522 g/mol. The van der Waals surface area contributed by atoms with E-state index in [4.69, 9.17) is 12.2 Å². The summed E-state index contributed by atoms with van der Waals surface area (Å²) in [4.78, 5) is 0.851. The van der Waals surface area contributed by atoms with Crippen LogP contribution in [0.1, 0.15) is 106 Å². The second-order valence-electron chi connectivity index (χ2n) is 12.7. The van der Waals surface area contributed by atoms with Gasteiger partial charge in [0.15, 0.2) is 0 Å². The first-order chi connectivity index (χ1) is 19.7. The molecular formula is C35H55N5S. The lowest BCUT2D eigenvalue weighted by Crippen LogP contribution is -2.54. The molecule has 0 radical (unpaired) electrons. The van der Waals surface area contributed by atoms with Gasteiger partial charge in [-0.25, -0.2) is 5.01 Å². The Bertz CT molecular complexity index is 1080. The van der Waals surface area contributed by atoms with E-state index in [0.717, 1.165) is 53.4 Å². The molecule has 6 heteroatoms. The maximum absolute atomic E-state index is 6.05. The third kappa shape index (κ3) is 11.0. The molecule has 0 aromatic heterocycles. The third-order valence-corrected chi connectivity index (χ3v) is 7.96. The monoisotopic (exact) mass is 577 g/mol. The number of rotatable bonds is 17. The first kappa shape index (κ1) is 32.9. The Kier molecular flexibility index (Phi) is 13.5. The summed E-state index contributed by atoms with van der Waals surface area (Å²) in [5.41, 5.74) is 9.18. The lowest BCUT2D eigenvalue weighted by molar-refractivity contribution is 0.539. The molecule has 0 amide bonds. The van der Waals surface area contributed by atoms with Gasteiger partial charge in [0.05, 0.1) is 11.4 Å². The van der Waals surface area contributed by atoms with Crippen molar-refractivity contribution in [3.8, 4) is 0 Å². The van der Waals surface area contributed by atoms with Crippen LogP contribution in [-0.2, 0) is 0 Å². The van der Waals surface area contributed by atoms with Crippen LogP contribution >= 0.6 is 12.2 Å². The highest BCUT2D eigenvalue weighted by Crippen LogP contribution is 2.28. The Morgan fingerprint density at radius 1 is 0.683 bits per heavy atom. The topological polar surface area (TPSA) is 42.6 Å². The molecule has 5 nitrogen and oxygen atoms in total. The summed E-state index contributed by atoms with van der Waals surface area (Å²) in [6, 6.07) is 18.2. The van der Waals surface area contributed by atoms with Gasteiger partial charge in [-0.2, -0.15) is 0 Å². The highest BCUT2D eigenvalue weighted by molar-refractivity contribution is 7.81. The van der Waals surface area contributed by atoms with E-state index in [9.17, 15) is 0 Å². The first-order valence-corrected chi connectivity index (χ1v) is 16.4. The van der Waals surface area contributed by atoms with E-state index in [2.05, 4.69) is 129 Å². The fraction of sp³-hybridized carbons (Fsp3) is 0.571. The summed E-state index contributed by atoms with van der Waals surface area (Å²) >= 11 is 6.05. The molecule has 0 fully saturated rings. The largest absolute Gasteiger partial charge is 0.383 e. The Labute approximate surface area is 256 Å². The van der Waals surface area contributed by atoms with Crippen LogP contribution in [0.2, 0.25) is 0 Å². The average Bonchev–Trinajstić information content (AvgIpc) is 2.91. The minimum atomic E-state index is 0.434. The van der Waals surface area contributed by atoms with Gasteiger partial charge in [0.1, 0.15) is 4.99 Å². The highest BCUT2D eigenvalue weighted by atomic mass is 32.1. The Morgan fingerprint density at radius 2 is 1.17 bits per heavy atom. The number of hydrogen-bond donors (Lipinski definition) is 3. The van der Waals surface area contributed by atoms with Crippen molar-refractivity contribution in [1.29, 1.82) is 0 Å². The second kappa shape index (κ2) is 16.8. The van der Waals surface area contributed by atoms with Crippen LogP contribution in [0.25, 0.3) is 0 Å². The lowest BCUT2D eigenvalue weighted by Gasteiger charge is -2.38. The zero-order valence-corrected chi connectivity index (χ0v) is 27.5. The summed E-state index contributed by atoms with van der Waals surface area (Å²) in [6.07, 6.45) is 13.1. The molecule has 0 spiro atoms. The molecule has 0 saturated heterocycles. The molecule has 2 unspecified atom stereocenters. The summed E-state index contributed by atoms with van der Waals surface area (Å²) in [5.74, 6) is 1.34. The van der Waals surface area contributed by atoms with Crippen molar-refractivity contribution in [2.75, 3.05) is 20.7 Å². The van der Waals surface area contributed by atoms with Gasteiger partial charge in [0.25, 0.3) is 0 Å². The molecule has 2 atom stereocenters. The van der Waals surface area contributed by atoms with Gasteiger partial charge in [-0.15, -0.1) is 5.53 Å². The van der Waals surface area contributed by atoms with Crippen LogP contribution in [0.5, 0.6) is 0 Å². The third-order valence-electron chi connectivity index (χ3n) is 7.52. The lowest BCUT2D eigenvalue weighted by atomic mass is 10.0. The fourth-order valence-corrected chi connectivity index (χ4v) is 5.94. The number of nitrogens with zero attached hydrogens (tertiary/aromatic N) is 2. The quantitative estimate of drug-likeness (QED) is 0.128. The summed E-state index contributed by atoms with van der Waals surface area (Å²) in [5, 5.41) is 11.4. The Morgan fingerprint density at radius 3 is 1.68 bits per heavy atom. The normalized spacial score (nSPS) is 15.3. The Balaban J connectivity index is 1.76. The maximum Gasteiger partial charge on any atom is 0.127 e. The summed E-state index contributed by atoms with van der Waals surface area (Å²) in [6.45, 7) is 15.8. The van der Waals surface area contributed by atoms with Gasteiger partial charge >= 0.3 is 0 Å². The van der Waals surface area contributed by atoms with Crippen molar-refractivity contribution in [3.05, 3.63) is 60.3 Å². The van der Waals surface area contributed by atoms with Crippen molar-refractivity contribution in [2.24, 2.45) is 11.8 Å². The van der Waals surface area contributed by atoms with Gasteiger partial charge in [0.2, 0.25) is 0 Å². The van der Waals surface area contributed by atoms with Gasteiger partial charge in [-0.3, -0.25) is 5.01 Å². The molecule has 3 rings (SSSR count). The summed E-state index contributed by atoms with van der Waals surface area (Å²) in [7, 11) is 0. The van der Waals surface area contributed by atoms with E-state index in [0.29, 0.717) is 23.9 Å². The molecule has 3 N–H and O–H groups in total. The standard InChI is InChI=1S/C35H55N5S/c1-8-9-10-11-12-13-14-30-25-39(33-19-15-31(16-20-33)36-28(6)23-26(2)3)38-40(35(30)41)34-21-17-32(18-22-34)37-29(7)24-27(4)5/h15-22,25-29,36-38H,8-14,23-24H2,1-7H3. The van der Waals surface area contributed by atoms with E-state index in [1.165, 1.54) is 37.7 Å². The van der Waals surface area contributed by atoms with Gasteiger partial charge in [0, 0.05) is 35.2 Å². The molecule has 2 aromatic carbocycles. The van der Waals surface area contributed by atoms with Crippen LogP contribution in [0.3, 0.4) is 0 Å². The maximum atomic E-state index is 6.05. The molecule has 41 heavy (non-hydrogen) atoms. The number of thiocarbonyl (C=S) groups is 1. The number of unbranched alkanes of at least 4 members (excludes halogenated alkanes) is 5. The number of benzene rings is 2. The van der Waals surface area contributed by atoms with E-state index >= 15 is 0 Å². The first-order valence-electron chi connectivity index (χ1n) is 16.0. The fourth-order valence-electron chi connectivity index (χ4n) is 5.64. The van der Waals surface area contributed by atoms with Crippen LogP contribution in [-0.4, -0.2) is 17.1 Å². The number of nitrogens with one attached hydrogen (secondary N) is 3. The van der Waals surface area contributed by atoms with Crippen LogP contribution in [0.15, 0.2) is 60.3 Å². The van der Waals surface area contributed by atoms with Crippen molar-refractivity contribution in [2.45, 2.75) is 118 Å². The van der Waals surface area contributed by atoms with Gasteiger partial charge in [-0.1, -0.05) is 78.9 Å². The molecule has 0 bridgehead atoms. The van der Waals surface area contributed by atoms with Gasteiger partial charge in [-0.05, 0) is 99.9 Å². The predicted octanol–water partition coefficient (Wildman–Crippen LogP) is 10.1.